The van der Waals surface area contributed by atoms with Crippen LogP contribution < -0.4 is 5.32 Å². The topological polar surface area (TPSA) is 49.3 Å². The molecule has 0 unspecified atom stereocenters. The molecule has 0 heterocycles. The van der Waals surface area contributed by atoms with Crippen LogP contribution >= 0.6 is 27.5 Å². The normalized spacial score (nSPS) is 12.6. The molecule has 0 aromatic heterocycles. The summed E-state index contributed by atoms with van der Waals surface area (Å²) < 4.78 is 0. The molecule has 2 N–H and O–H groups in total. The van der Waals surface area contributed by atoms with Gasteiger partial charge < -0.3 is 10.4 Å². The summed E-state index contributed by atoms with van der Waals surface area (Å²) in [5.41, 5.74) is 1.21. The van der Waals surface area contributed by atoms with Crippen molar-refractivity contribution < 1.29 is 9.90 Å². The molecule has 3 nitrogen and oxygen atoms in total. The Balaban J connectivity index is 2.92. The SMILES string of the molecule is Cc1cc(Cl)c(O)c(NC(=O)[C@H](Br)C(C)C)c1. The van der Waals surface area contributed by atoms with Gasteiger partial charge in [-0.15, -0.1) is 0 Å². The number of carbonyl (C=O) groups is 1. The Morgan fingerprint density at radius 1 is 1.47 bits per heavy atom. The first-order chi connectivity index (χ1) is 7.82. The monoisotopic (exact) mass is 319 g/mol. The Morgan fingerprint density at radius 3 is 2.59 bits per heavy atom. The number of carbonyl (C=O) groups excluding carboxylic acids is 1. The van der Waals surface area contributed by atoms with Gasteiger partial charge in [-0.1, -0.05) is 41.4 Å². The van der Waals surface area contributed by atoms with E-state index in [1.54, 1.807) is 12.1 Å². The Bertz CT molecular complexity index is 435. The first kappa shape index (κ1) is 14.3. The molecule has 0 aliphatic rings. The largest absolute Gasteiger partial charge is 0.504 e. The summed E-state index contributed by atoms with van der Waals surface area (Å²) in [6.45, 7) is 5.71. The van der Waals surface area contributed by atoms with Gasteiger partial charge in [0, 0.05) is 0 Å². The molecule has 0 fully saturated rings. The minimum absolute atomic E-state index is 0.103. The highest BCUT2D eigenvalue weighted by atomic mass is 79.9. The summed E-state index contributed by atoms with van der Waals surface area (Å²) >= 11 is 9.13. The van der Waals surface area contributed by atoms with Crippen molar-refractivity contribution in [2.75, 3.05) is 5.32 Å². The second-order valence-corrected chi connectivity index (χ2v) is 5.67. The fourth-order valence-corrected chi connectivity index (χ4v) is 1.72. The molecule has 1 rings (SSSR count). The van der Waals surface area contributed by atoms with Crippen LogP contribution in [0.15, 0.2) is 12.1 Å². The van der Waals surface area contributed by atoms with Crippen molar-refractivity contribution in [1.29, 1.82) is 0 Å². The quantitative estimate of drug-likeness (QED) is 0.659. The van der Waals surface area contributed by atoms with Crippen LogP contribution in [0.1, 0.15) is 19.4 Å². The van der Waals surface area contributed by atoms with Crippen molar-refractivity contribution in [2.45, 2.75) is 25.6 Å². The zero-order valence-electron chi connectivity index (χ0n) is 9.92. The van der Waals surface area contributed by atoms with Crippen molar-refractivity contribution in [3.63, 3.8) is 0 Å². The van der Waals surface area contributed by atoms with Gasteiger partial charge in [0.2, 0.25) is 5.91 Å². The van der Waals surface area contributed by atoms with Crippen LogP contribution in [0, 0.1) is 12.8 Å². The lowest BCUT2D eigenvalue weighted by molar-refractivity contribution is -0.116. The maximum Gasteiger partial charge on any atom is 0.238 e. The molecule has 94 valence electrons. The molecular weight excluding hydrogens is 305 g/mol. The second-order valence-electron chi connectivity index (χ2n) is 4.28. The first-order valence-corrected chi connectivity index (χ1v) is 6.56. The van der Waals surface area contributed by atoms with Crippen LogP contribution in [0.3, 0.4) is 0 Å². The lowest BCUT2D eigenvalue weighted by Gasteiger charge is -2.15. The number of rotatable bonds is 3. The molecule has 1 aromatic carbocycles. The van der Waals surface area contributed by atoms with Gasteiger partial charge in [0.1, 0.15) is 0 Å². The summed E-state index contributed by atoms with van der Waals surface area (Å²) in [7, 11) is 0. The number of benzene rings is 1. The Kier molecular flexibility index (Phi) is 4.83. The lowest BCUT2D eigenvalue weighted by atomic mass is 10.1. The highest BCUT2D eigenvalue weighted by Gasteiger charge is 2.20. The van der Waals surface area contributed by atoms with E-state index in [4.69, 9.17) is 11.6 Å². The van der Waals surface area contributed by atoms with E-state index in [1.165, 1.54) is 0 Å². The van der Waals surface area contributed by atoms with E-state index in [0.717, 1.165) is 5.56 Å². The maximum absolute atomic E-state index is 11.8. The van der Waals surface area contributed by atoms with Crippen molar-refractivity contribution >= 4 is 39.1 Å². The van der Waals surface area contributed by atoms with Gasteiger partial charge in [-0.05, 0) is 30.5 Å². The molecule has 0 radical (unpaired) electrons. The number of phenols is 1. The third-order valence-corrected chi connectivity index (χ3v) is 4.06. The number of alkyl halides is 1. The molecule has 0 aliphatic carbocycles. The molecular formula is C12H15BrClNO2. The number of halogens is 2. The highest BCUT2D eigenvalue weighted by molar-refractivity contribution is 9.10. The summed E-state index contributed by atoms with van der Waals surface area (Å²) in [6.07, 6.45) is 0. The maximum atomic E-state index is 11.8. The summed E-state index contributed by atoms with van der Waals surface area (Å²) in [5.74, 6) is -0.136. The molecule has 1 amide bonds. The molecule has 0 bridgehead atoms. The van der Waals surface area contributed by atoms with Gasteiger partial charge in [0.05, 0.1) is 15.5 Å². The van der Waals surface area contributed by atoms with Gasteiger partial charge in [0.25, 0.3) is 0 Å². The molecule has 17 heavy (non-hydrogen) atoms. The average molecular weight is 321 g/mol. The molecule has 0 aliphatic heterocycles. The molecule has 0 spiro atoms. The van der Waals surface area contributed by atoms with E-state index >= 15 is 0 Å². The first-order valence-electron chi connectivity index (χ1n) is 5.27. The number of anilines is 1. The third kappa shape index (κ3) is 3.61. The van der Waals surface area contributed by atoms with Gasteiger partial charge in [0.15, 0.2) is 5.75 Å². The number of aromatic hydroxyl groups is 1. The zero-order valence-corrected chi connectivity index (χ0v) is 12.3. The van der Waals surface area contributed by atoms with E-state index < -0.39 is 0 Å². The molecule has 0 saturated carbocycles. The van der Waals surface area contributed by atoms with E-state index in [1.807, 2.05) is 20.8 Å². The minimum atomic E-state index is -0.304. The molecule has 0 saturated heterocycles. The van der Waals surface area contributed by atoms with Crippen LogP contribution in [-0.4, -0.2) is 15.8 Å². The van der Waals surface area contributed by atoms with Gasteiger partial charge >= 0.3 is 0 Å². The molecule has 1 atom stereocenters. The van der Waals surface area contributed by atoms with Gasteiger partial charge in [-0.25, -0.2) is 0 Å². The van der Waals surface area contributed by atoms with Crippen molar-refractivity contribution in [2.24, 2.45) is 5.92 Å². The highest BCUT2D eigenvalue weighted by Crippen LogP contribution is 2.33. The van der Waals surface area contributed by atoms with Crippen LogP contribution in [0.2, 0.25) is 5.02 Å². The van der Waals surface area contributed by atoms with Crippen molar-refractivity contribution in [3.8, 4) is 5.75 Å². The van der Waals surface area contributed by atoms with Gasteiger partial charge in [-0.3, -0.25) is 4.79 Å². The second kappa shape index (κ2) is 5.74. The predicted octanol–water partition coefficient (Wildman–Crippen LogP) is 3.71. The summed E-state index contributed by atoms with van der Waals surface area (Å²) in [5, 5.41) is 12.6. The van der Waals surface area contributed by atoms with Crippen LogP contribution in [0.25, 0.3) is 0 Å². The number of hydrogen-bond donors (Lipinski definition) is 2. The van der Waals surface area contributed by atoms with Crippen LogP contribution in [-0.2, 0) is 4.79 Å². The Hall–Kier alpha value is -0.740. The molecule has 1 aromatic rings. The average Bonchev–Trinajstić information content (AvgIpc) is 2.23. The Labute approximate surface area is 114 Å². The standard InChI is InChI=1S/C12H15BrClNO2/c1-6(2)10(13)12(17)15-9-5-7(3)4-8(14)11(9)16/h4-6,10,16H,1-3H3,(H,15,17)/t10-/m1/s1. The summed E-state index contributed by atoms with van der Waals surface area (Å²) in [4.78, 5) is 11.5. The summed E-state index contributed by atoms with van der Waals surface area (Å²) in [6, 6.07) is 3.32. The lowest BCUT2D eigenvalue weighted by Crippen LogP contribution is -2.27. The van der Waals surface area contributed by atoms with Gasteiger partial charge in [-0.2, -0.15) is 0 Å². The number of amides is 1. The van der Waals surface area contributed by atoms with Crippen LogP contribution in [0.5, 0.6) is 5.75 Å². The fraction of sp³-hybridized carbons (Fsp3) is 0.417. The zero-order chi connectivity index (χ0) is 13.2. The Morgan fingerprint density at radius 2 is 2.06 bits per heavy atom. The van der Waals surface area contributed by atoms with E-state index in [-0.39, 0.29) is 27.4 Å². The fourth-order valence-electron chi connectivity index (χ4n) is 1.33. The number of nitrogens with one attached hydrogen (secondary N) is 1. The van der Waals surface area contributed by atoms with Crippen molar-refractivity contribution in [3.05, 3.63) is 22.7 Å². The third-order valence-electron chi connectivity index (χ3n) is 2.30. The van der Waals surface area contributed by atoms with Crippen molar-refractivity contribution in [1.82, 2.24) is 0 Å². The number of phenolic OH excluding ortho intramolecular Hbond substituents is 1. The van der Waals surface area contributed by atoms with E-state index in [0.29, 0.717) is 5.69 Å². The minimum Gasteiger partial charge on any atom is -0.504 e. The number of hydrogen-bond acceptors (Lipinski definition) is 2. The number of aryl methyl sites for hydroxylation is 1. The van der Waals surface area contributed by atoms with Crippen LogP contribution in [0.4, 0.5) is 5.69 Å². The smallest absolute Gasteiger partial charge is 0.238 e. The van der Waals surface area contributed by atoms with E-state index in [2.05, 4.69) is 21.2 Å². The van der Waals surface area contributed by atoms with E-state index in [9.17, 15) is 9.90 Å². The predicted molar refractivity (Wildman–Crippen MR) is 74.0 cm³/mol. The molecule has 5 heteroatoms.